The highest BCUT2D eigenvalue weighted by Crippen LogP contribution is 2.37. The van der Waals surface area contributed by atoms with Gasteiger partial charge in [-0.1, -0.05) is 26.8 Å². The molecule has 1 aromatic heterocycles. The van der Waals surface area contributed by atoms with Crippen molar-refractivity contribution in [3.05, 3.63) is 36.0 Å². The van der Waals surface area contributed by atoms with Gasteiger partial charge in [-0.15, -0.1) is 0 Å². The molecule has 0 spiro atoms. The second-order valence-corrected chi connectivity index (χ2v) is 6.05. The number of para-hydroxylation sites is 1. The minimum absolute atomic E-state index is 0.0336. The van der Waals surface area contributed by atoms with Crippen LogP contribution in [0.15, 0.2) is 28.8 Å². The maximum absolute atomic E-state index is 5.77. The molecule has 0 radical (unpaired) electrons. The first-order chi connectivity index (χ1) is 10.0. The number of fused-ring (bicyclic) bond motifs is 1. The summed E-state index contributed by atoms with van der Waals surface area (Å²) in [6, 6.07) is 5.80. The summed E-state index contributed by atoms with van der Waals surface area (Å²) in [5, 5.41) is 3.29. The lowest BCUT2D eigenvalue weighted by molar-refractivity contribution is 0.172. The normalized spacial score (nSPS) is 14.0. The average Bonchev–Trinajstić information content (AvgIpc) is 2.94. The number of ether oxygens (including phenoxy) is 2. The highest BCUT2D eigenvalue weighted by atomic mass is 16.6. The minimum atomic E-state index is -0.0336. The number of rotatable bonds is 3. The summed E-state index contributed by atoms with van der Waals surface area (Å²) in [7, 11) is 0. The third kappa shape index (κ3) is 2.96. The first kappa shape index (κ1) is 13.8. The number of oxazole rings is 1. The molecule has 112 valence electrons. The molecule has 2 heterocycles. The molecule has 0 atom stereocenters. The second kappa shape index (κ2) is 5.31. The Morgan fingerprint density at radius 2 is 2.00 bits per heavy atom. The fraction of sp³-hybridized carbons (Fsp3) is 0.438. The number of hydrogen-bond donors (Lipinski definition) is 1. The third-order valence-corrected chi connectivity index (χ3v) is 3.29. The first-order valence-electron chi connectivity index (χ1n) is 7.12. The first-order valence-corrected chi connectivity index (χ1v) is 7.12. The van der Waals surface area contributed by atoms with E-state index in [1.807, 2.05) is 18.2 Å². The lowest BCUT2D eigenvalue weighted by atomic mass is 9.94. The standard InChI is InChI=1S/C16H20N2O3/c1-16(2,3)13-9-18-14(21-13)10-17-11-5-4-6-12-15(11)20-8-7-19-12/h4-6,9,17H,7-8,10H2,1-3H3. The number of nitrogens with one attached hydrogen (secondary N) is 1. The SMILES string of the molecule is CC(C)(C)c1cnc(CNc2cccc3c2OCCO3)o1. The van der Waals surface area contributed by atoms with Crippen LogP contribution in [0.1, 0.15) is 32.4 Å². The van der Waals surface area contributed by atoms with Gasteiger partial charge in [-0.05, 0) is 12.1 Å². The smallest absolute Gasteiger partial charge is 0.213 e. The van der Waals surface area contributed by atoms with Gasteiger partial charge >= 0.3 is 0 Å². The van der Waals surface area contributed by atoms with Gasteiger partial charge in [-0.3, -0.25) is 0 Å². The molecule has 21 heavy (non-hydrogen) atoms. The summed E-state index contributed by atoms with van der Waals surface area (Å²) in [5.74, 6) is 3.07. The van der Waals surface area contributed by atoms with Crippen LogP contribution in [-0.2, 0) is 12.0 Å². The van der Waals surface area contributed by atoms with Crippen molar-refractivity contribution < 1.29 is 13.9 Å². The quantitative estimate of drug-likeness (QED) is 0.938. The second-order valence-electron chi connectivity index (χ2n) is 6.05. The zero-order chi connectivity index (χ0) is 14.9. The number of aromatic nitrogens is 1. The number of nitrogens with zero attached hydrogens (tertiary/aromatic N) is 1. The van der Waals surface area contributed by atoms with Crippen LogP contribution in [0.5, 0.6) is 11.5 Å². The van der Waals surface area contributed by atoms with Crippen LogP contribution in [-0.4, -0.2) is 18.2 Å². The van der Waals surface area contributed by atoms with Gasteiger partial charge in [0.25, 0.3) is 0 Å². The van der Waals surface area contributed by atoms with Gasteiger partial charge in [0.2, 0.25) is 5.89 Å². The van der Waals surface area contributed by atoms with E-state index in [9.17, 15) is 0 Å². The molecule has 0 fully saturated rings. The van der Waals surface area contributed by atoms with Crippen LogP contribution in [0.3, 0.4) is 0 Å². The van der Waals surface area contributed by atoms with Crippen molar-refractivity contribution in [2.24, 2.45) is 0 Å². The van der Waals surface area contributed by atoms with E-state index in [0.29, 0.717) is 25.6 Å². The Morgan fingerprint density at radius 3 is 2.76 bits per heavy atom. The van der Waals surface area contributed by atoms with Gasteiger partial charge in [-0.25, -0.2) is 4.98 Å². The molecule has 0 saturated heterocycles. The molecular formula is C16H20N2O3. The van der Waals surface area contributed by atoms with Crippen molar-refractivity contribution in [3.8, 4) is 11.5 Å². The fourth-order valence-corrected chi connectivity index (χ4v) is 2.12. The van der Waals surface area contributed by atoms with Crippen molar-refractivity contribution in [2.45, 2.75) is 32.7 Å². The molecule has 2 aromatic rings. The van der Waals surface area contributed by atoms with Crippen LogP contribution >= 0.6 is 0 Å². The zero-order valence-corrected chi connectivity index (χ0v) is 12.6. The van der Waals surface area contributed by atoms with E-state index < -0.39 is 0 Å². The summed E-state index contributed by atoms with van der Waals surface area (Å²) in [5.41, 5.74) is 0.858. The maximum Gasteiger partial charge on any atom is 0.213 e. The molecular weight excluding hydrogens is 268 g/mol. The molecule has 5 nitrogen and oxygen atoms in total. The molecule has 1 N–H and O–H groups in total. The van der Waals surface area contributed by atoms with E-state index >= 15 is 0 Å². The Labute approximate surface area is 124 Å². The van der Waals surface area contributed by atoms with Crippen molar-refractivity contribution in [2.75, 3.05) is 18.5 Å². The Hall–Kier alpha value is -2.17. The average molecular weight is 288 g/mol. The molecule has 0 saturated carbocycles. The van der Waals surface area contributed by atoms with E-state index in [1.54, 1.807) is 6.20 Å². The maximum atomic E-state index is 5.77. The van der Waals surface area contributed by atoms with E-state index in [0.717, 1.165) is 22.9 Å². The van der Waals surface area contributed by atoms with Gasteiger partial charge in [0.1, 0.15) is 19.0 Å². The summed E-state index contributed by atoms with van der Waals surface area (Å²) in [6.07, 6.45) is 1.79. The zero-order valence-electron chi connectivity index (χ0n) is 12.6. The Kier molecular flexibility index (Phi) is 3.49. The van der Waals surface area contributed by atoms with Gasteiger partial charge in [0.05, 0.1) is 18.4 Å². The Morgan fingerprint density at radius 1 is 1.19 bits per heavy atom. The van der Waals surface area contributed by atoms with Crippen molar-refractivity contribution in [1.82, 2.24) is 4.98 Å². The summed E-state index contributed by atoms with van der Waals surface area (Å²) in [6.45, 7) is 7.97. The summed E-state index contributed by atoms with van der Waals surface area (Å²) < 4.78 is 17.0. The Balaban J connectivity index is 1.72. The van der Waals surface area contributed by atoms with Gasteiger partial charge in [0, 0.05) is 5.41 Å². The van der Waals surface area contributed by atoms with Crippen LogP contribution in [0.4, 0.5) is 5.69 Å². The van der Waals surface area contributed by atoms with E-state index in [-0.39, 0.29) is 5.41 Å². The van der Waals surface area contributed by atoms with Crippen LogP contribution in [0.2, 0.25) is 0 Å². The molecule has 1 aliphatic rings. The number of hydrogen-bond acceptors (Lipinski definition) is 5. The molecule has 1 aromatic carbocycles. The van der Waals surface area contributed by atoms with E-state index in [1.165, 1.54) is 0 Å². The van der Waals surface area contributed by atoms with Gasteiger partial charge in [-0.2, -0.15) is 0 Å². The highest BCUT2D eigenvalue weighted by Gasteiger charge is 2.20. The van der Waals surface area contributed by atoms with Crippen molar-refractivity contribution in [1.29, 1.82) is 0 Å². The molecule has 1 aliphatic heterocycles. The fourth-order valence-electron chi connectivity index (χ4n) is 2.12. The summed E-state index contributed by atoms with van der Waals surface area (Å²) in [4.78, 5) is 4.31. The van der Waals surface area contributed by atoms with Crippen LogP contribution in [0.25, 0.3) is 0 Å². The predicted octanol–water partition coefficient (Wildman–Crippen LogP) is 3.36. The highest BCUT2D eigenvalue weighted by molar-refractivity contribution is 5.63. The molecule has 0 bridgehead atoms. The minimum Gasteiger partial charge on any atom is -0.486 e. The molecule has 0 unspecified atom stereocenters. The van der Waals surface area contributed by atoms with Crippen molar-refractivity contribution >= 4 is 5.69 Å². The Bertz CT molecular complexity index is 629. The van der Waals surface area contributed by atoms with Crippen LogP contribution in [0, 0.1) is 0 Å². The van der Waals surface area contributed by atoms with Gasteiger partial charge < -0.3 is 19.2 Å². The number of benzene rings is 1. The largest absolute Gasteiger partial charge is 0.486 e. The van der Waals surface area contributed by atoms with Crippen LogP contribution < -0.4 is 14.8 Å². The molecule has 0 aliphatic carbocycles. The monoisotopic (exact) mass is 288 g/mol. The molecule has 5 heteroatoms. The van der Waals surface area contributed by atoms with Gasteiger partial charge in [0.15, 0.2) is 11.5 Å². The van der Waals surface area contributed by atoms with E-state index in [2.05, 4.69) is 31.1 Å². The summed E-state index contributed by atoms with van der Waals surface area (Å²) >= 11 is 0. The molecule has 3 rings (SSSR count). The lowest BCUT2D eigenvalue weighted by Gasteiger charge is -2.21. The topological polar surface area (TPSA) is 56.5 Å². The lowest BCUT2D eigenvalue weighted by Crippen LogP contribution is -2.16. The molecule has 0 amide bonds. The van der Waals surface area contributed by atoms with E-state index in [4.69, 9.17) is 13.9 Å². The predicted molar refractivity (Wildman–Crippen MR) is 80.0 cm³/mol. The third-order valence-electron chi connectivity index (χ3n) is 3.29. The van der Waals surface area contributed by atoms with Crippen molar-refractivity contribution in [3.63, 3.8) is 0 Å². The number of anilines is 1.